The first-order valence-corrected chi connectivity index (χ1v) is 7.19. The van der Waals surface area contributed by atoms with Gasteiger partial charge in [0, 0.05) is 31.9 Å². The van der Waals surface area contributed by atoms with E-state index in [1.807, 2.05) is 6.92 Å². The van der Waals surface area contributed by atoms with Gasteiger partial charge in [-0.25, -0.2) is 4.99 Å². The number of methoxy groups -OCH3 is 1. The molecule has 1 atom stereocenters. The molecule has 0 aliphatic heterocycles. The Balaban J connectivity index is 2.62. The number of carbonyl (C=O) groups excluding carboxylic acids is 1. The molecule has 22 heavy (non-hydrogen) atoms. The molecule has 0 spiro atoms. The number of carbonyl (C=O) groups is 1. The first-order chi connectivity index (χ1) is 10.4. The van der Waals surface area contributed by atoms with E-state index in [0.717, 1.165) is 0 Å². The molecule has 0 aliphatic rings. The molecule has 124 valence electrons. The summed E-state index contributed by atoms with van der Waals surface area (Å²) in [5.74, 6) is 0.251. The van der Waals surface area contributed by atoms with Crippen LogP contribution in [0.5, 0.6) is 0 Å². The Bertz CT molecular complexity index is 510. The summed E-state index contributed by atoms with van der Waals surface area (Å²) >= 11 is 0. The van der Waals surface area contributed by atoms with E-state index in [1.54, 1.807) is 31.0 Å². The molecule has 1 aromatic heterocycles. The maximum absolute atomic E-state index is 11.1. The number of aliphatic imine (C=N–C) groups is 1. The Morgan fingerprint density at radius 1 is 1.55 bits per heavy atom. The minimum absolute atomic E-state index is 0.173. The van der Waals surface area contributed by atoms with Crippen molar-refractivity contribution in [3.05, 3.63) is 18.0 Å². The lowest BCUT2D eigenvalue weighted by Gasteiger charge is -2.20. The van der Waals surface area contributed by atoms with Crippen LogP contribution < -0.4 is 10.6 Å². The summed E-state index contributed by atoms with van der Waals surface area (Å²) in [4.78, 5) is 15.4. The van der Waals surface area contributed by atoms with Crippen molar-refractivity contribution in [2.24, 2.45) is 12.0 Å². The van der Waals surface area contributed by atoms with Crippen LogP contribution in [0.2, 0.25) is 0 Å². The summed E-state index contributed by atoms with van der Waals surface area (Å²) in [5.41, 5.74) is -0.414. The van der Waals surface area contributed by atoms with Crippen LogP contribution in [0, 0.1) is 0 Å². The number of guanidine groups is 1. The average Bonchev–Trinajstić information content (AvgIpc) is 2.92. The number of hydrogen-bond acceptors (Lipinski definition) is 5. The molecule has 0 saturated carbocycles. The number of esters is 1. The summed E-state index contributed by atoms with van der Waals surface area (Å²) < 4.78 is 6.21. The van der Waals surface area contributed by atoms with Crippen molar-refractivity contribution >= 4 is 11.9 Å². The Hall–Kier alpha value is -2.09. The predicted molar refractivity (Wildman–Crippen MR) is 83.4 cm³/mol. The highest BCUT2D eigenvalue weighted by atomic mass is 16.5. The Labute approximate surface area is 130 Å². The topological polar surface area (TPSA) is 101 Å². The summed E-state index contributed by atoms with van der Waals surface area (Å²) in [5, 5.41) is 20.6. The first-order valence-electron chi connectivity index (χ1n) is 7.19. The largest absolute Gasteiger partial charge is 0.469 e. The third-order valence-electron chi connectivity index (χ3n) is 3.07. The zero-order valence-electron chi connectivity index (χ0n) is 13.6. The summed E-state index contributed by atoms with van der Waals surface area (Å²) in [6, 6.07) is 0. The van der Waals surface area contributed by atoms with Crippen molar-refractivity contribution in [3.63, 3.8) is 0 Å². The van der Waals surface area contributed by atoms with Crippen LogP contribution in [0.3, 0.4) is 0 Å². The van der Waals surface area contributed by atoms with Crippen molar-refractivity contribution in [2.75, 3.05) is 26.7 Å². The van der Waals surface area contributed by atoms with Gasteiger partial charge in [0.2, 0.25) is 0 Å². The summed E-state index contributed by atoms with van der Waals surface area (Å²) in [6.45, 7) is 4.89. The molecule has 0 bridgehead atoms. The van der Waals surface area contributed by atoms with Crippen molar-refractivity contribution in [2.45, 2.75) is 25.9 Å². The molecule has 1 heterocycles. The van der Waals surface area contributed by atoms with Gasteiger partial charge in [-0.2, -0.15) is 5.10 Å². The highest BCUT2D eigenvalue weighted by Crippen LogP contribution is 2.19. The van der Waals surface area contributed by atoms with Crippen molar-refractivity contribution in [3.8, 4) is 0 Å². The fraction of sp³-hybridized carbons (Fsp3) is 0.643. The molecule has 1 aromatic rings. The molecular weight excluding hydrogens is 286 g/mol. The normalized spacial score (nSPS) is 14.3. The van der Waals surface area contributed by atoms with E-state index < -0.39 is 5.60 Å². The second kappa shape index (κ2) is 8.38. The molecule has 8 heteroatoms. The lowest BCUT2D eigenvalue weighted by molar-refractivity contribution is -0.140. The van der Waals surface area contributed by atoms with Crippen LogP contribution in [-0.4, -0.2) is 53.6 Å². The zero-order chi connectivity index (χ0) is 16.6. The van der Waals surface area contributed by atoms with Gasteiger partial charge >= 0.3 is 5.97 Å². The quantitative estimate of drug-likeness (QED) is 0.365. The second-order valence-electron chi connectivity index (χ2n) is 5.12. The number of hydrogen-bond donors (Lipinski definition) is 3. The predicted octanol–water partition coefficient (Wildman–Crippen LogP) is -0.254. The van der Waals surface area contributed by atoms with Crippen LogP contribution in [0.25, 0.3) is 0 Å². The van der Waals surface area contributed by atoms with E-state index >= 15 is 0 Å². The van der Waals surface area contributed by atoms with Crippen LogP contribution in [-0.2, 0) is 22.2 Å². The third kappa shape index (κ3) is 5.72. The number of nitrogens with one attached hydrogen (secondary N) is 2. The second-order valence-corrected chi connectivity index (χ2v) is 5.12. The van der Waals surface area contributed by atoms with Gasteiger partial charge < -0.3 is 20.5 Å². The molecule has 1 rings (SSSR count). The average molecular weight is 311 g/mol. The number of aryl methyl sites for hydroxylation is 1. The SMILES string of the molecule is CCNC(=NCC(C)(O)c1cnn(C)c1)NCCC(=O)OC. The van der Waals surface area contributed by atoms with Gasteiger partial charge in [0.1, 0.15) is 5.60 Å². The summed E-state index contributed by atoms with van der Waals surface area (Å²) in [7, 11) is 3.15. The highest BCUT2D eigenvalue weighted by Gasteiger charge is 2.24. The molecule has 0 radical (unpaired) electrons. The lowest BCUT2D eigenvalue weighted by atomic mass is 10.0. The van der Waals surface area contributed by atoms with E-state index in [0.29, 0.717) is 24.6 Å². The maximum Gasteiger partial charge on any atom is 0.307 e. The molecule has 0 saturated heterocycles. The number of nitrogens with zero attached hydrogens (tertiary/aromatic N) is 3. The zero-order valence-corrected chi connectivity index (χ0v) is 13.6. The number of aromatic nitrogens is 2. The van der Waals surface area contributed by atoms with E-state index in [1.165, 1.54) is 7.11 Å². The van der Waals surface area contributed by atoms with Gasteiger partial charge in [-0.1, -0.05) is 0 Å². The fourth-order valence-corrected chi connectivity index (χ4v) is 1.75. The molecule has 1 unspecified atom stereocenters. The molecule has 0 aromatic carbocycles. The van der Waals surface area contributed by atoms with Gasteiger partial charge in [-0.05, 0) is 13.8 Å². The van der Waals surface area contributed by atoms with Crippen molar-refractivity contribution in [1.82, 2.24) is 20.4 Å². The van der Waals surface area contributed by atoms with Crippen LogP contribution in [0.4, 0.5) is 0 Å². The van der Waals surface area contributed by atoms with E-state index in [-0.39, 0.29) is 18.9 Å². The smallest absolute Gasteiger partial charge is 0.307 e. The van der Waals surface area contributed by atoms with Gasteiger partial charge in [0.05, 0.1) is 26.3 Å². The Morgan fingerprint density at radius 2 is 2.27 bits per heavy atom. The van der Waals surface area contributed by atoms with Crippen LogP contribution in [0.1, 0.15) is 25.8 Å². The fourth-order valence-electron chi connectivity index (χ4n) is 1.75. The minimum Gasteiger partial charge on any atom is -0.469 e. The molecule has 8 nitrogen and oxygen atoms in total. The van der Waals surface area contributed by atoms with Gasteiger partial charge in [0.25, 0.3) is 0 Å². The monoisotopic (exact) mass is 311 g/mol. The number of ether oxygens (including phenoxy) is 1. The van der Waals surface area contributed by atoms with Gasteiger partial charge in [0.15, 0.2) is 5.96 Å². The van der Waals surface area contributed by atoms with Crippen LogP contribution >= 0.6 is 0 Å². The van der Waals surface area contributed by atoms with Gasteiger partial charge in [-0.15, -0.1) is 0 Å². The summed E-state index contributed by atoms with van der Waals surface area (Å²) in [6.07, 6.45) is 3.63. The number of aliphatic hydroxyl groups is 1. The molecule has 0 aliphatic carbocycles. The van der Waals surface area contributed by atoms with E-state index in [4.69, 9.17) is 0 Å². The molecule has 3 N–H and O–H groups in total. The first kappa shape index (κ1) is 18.0. The molecule has 0 fully saturated rings. The molecule has 0 amide bonds. The van der Waals surface area contributed by atoms with Crippen molar-refractivity contribution < 1.29 is 14.6 Å². The minimum atomic E-state index is -1.11. The lowest BCUT2D eigenvalue weighted by Crippen LogP contribution is -2.39. The third-order valence-corrected chi connectivity index (χ3v) is 3.07. The standard InChI is InChI=1S/C14H25N5O3/c1-5-15-13(16-7-6-12(20)22-4)17-10-14(2,21)11-8-18-19(3)9-11/h8-9,21H,5-7,10H2,1-4H3,(H2,15,16,17). The van der Waals surface area contributed by atoms with E-state index in [2.05, 4.69) is 25.5 Å². The highest BCUT2D eigenvalue weighted by molar-refractivity contribution is 5.80. The van der Waals surface area contributed by atoms with Crippen molar-refractivity contribution in [1.29, 1.82) is 0 Å². The molecular formula is C14H25N5O3. The van der Waals surface area contributed by atoms with E-state index in [9.17, 15) is 9.90 Å². The van der Waals surface area contributed by atoms with Crippen LogP contribution in [0.15, 0.2) is 17.4 Å². The Kier molecular flexibility index (Phi) is 6.84. The maximum atomic E-state index is 11.1. The van der Waals surface area contributed by atoms with Gasteiger partial charge in [-0.3, -0.25) is 9.48 Å². The number of rotatable bonds is 7. The Morgan fingerprint density at radius 3 is 2.82 bits per heavy atom.